The molecule has 1 saturated heterocycles. The largest absolute Gasteiger partial charge is 0.365 e. The molecule has 0 bridgehead atoms. The molecular weight excluding hydrogens is 294 g/mol. The first-order chi connectivity index (χ1) is 11.3. The first-order valence-electron chi connectivity index (χ1n) is 7.92. The number of ether oxygens (including phenoxy) is 1. The van der Waals surface area contributed by atoms with Crippen LogP contribution in [0.3, 0.4) is 0 Å². The smallest absolute Gasteiger partial charge is 0.276 e. The Balaban J connectivity index is 1.54. The maximum atomic E-state index is 12.6. The highest BCUT2D eigenvalue weighted by Crippen LogP contribution is 2.27. The van der Waals surface area contributed by atoms with Crippen molar-refractivity contribution in [3.05, 3.63) is 47.3 Å². The molecule has 1 fully saturated rings. The molecule has 1 atom stereocenters. The summed E-state index contributed by atoms with van der Waals surface area (Å²) in [7, 11) is 0. The summed E-state index contributed by atoms with van der Waals surface area (Å²) in [6.07, 6.45) is -0.0486. The average molecular weight is 313 g/mol. The molecule has 1 N–H and O–H groups in total. The standard InChI is InChI=1S/C16H19N5O2/c22-16(20-8-6-17-7-9-20)15-13-11-23-14(10-21(13)19-18-15)12-4-2-1-3-5-12/h1-5,14,17H,6-11H2/t14-/m1/s1. The van der Waals surface area contributed by atoms with Crippen LogP contribution in [-0.4, -0.2) is 52.0 Å². The van der Waals surface area contributed by atoms with Crippen molar-refractivity contribution in [1.82, 2.24) is 25.2 Å². The van der Waals surface area contributed by atoms with E-state index in [1.807, 2.05) is 35.2 Å². The molecule has 4 rings (SSSR count). The maximum Gasteiger partial charge on any atom is 0.276 e. The minimum atomic E-state index is -0.0486. The molecule has 0 aliphatic carbocycles. The Kier molecular flexibility index (Phi) is 3.80. The van der Waals surface area contributed by atoms with Crippen LogP contribution >= 0.6 is 0 Å². The van der Waals surface area contributed by atoms with Gasteiger partial charge in [-0.3, -0.25) is 4.79 Å². The van der Waals surface area contributed by atoms with E-state index in [9.17, 15) is 4.79 Å². The van der Waals surface area contributed by atoms with E-state index in [2.05, 4.69) is 15.6 Å². The summed E-state index contributed by atoms with van der Waals surface area (Å²) in [6.45, 7) is 4.00. The number of nitrogens with zero attached hydrogens (tertiary/aromatic N) is 4. The van der Waals surface area contributed by atoms with E-state index in [0.29, 0.717) is 31.9 Å². The number of nitrogens with one attached hydrogen (secondary N) is 1. The molecule has 23 heavy (non-hydrogen) atoms. The third-order valence-corrected chi connectivity index (χ3v) is 4.38. The zero-order chi connectivity index (χ0) is 15.6. The van der Waals surface area contributed by atoms with Crippen molar-refractivity contribution >= 4 is 5.91 Å². The van der Waals surface area contributed by atoms with Crippen LogP contribution in [0, 0.1) is 0 Å². The third kappa shape index (κ3) is 2.73. The average Bonchev–Trinajstić information content (AvgIpc) is 3.05. The third-order valence-electron chi connectivity index (χ3n) is 4.38. The normalized spacial score (nSPS) is 21.0. The quantitative estimate of drug-likeness (QED) is 0.879. The Hall–Kier alpha value is -2.25. The molecule has 1 amide bonds. The molecule has 7 nitrogen and oxygen atoms in total. The Morgan fingerprint density at radius 3 is 2.78 bits per heavy atom. The van der Waals surface area contributed by atoms with Gasteiger partial charge in [-0.2, -0.15) is 0 Å². The number of carbonyl (C=O) groups is 1. The van der Waals surface area contributed by atoms with Crippen LogP contribution in [0.1, 0.15) is 27.8 Å². The Morgan fingerprint density at radius 2 is 2.00 bits per heavy atom. The highest BCUT2D eigenvalue weighted by Gasteiger charge is 2.30. The number of aromatic nitrogens is 3. The van der Waals surface area contributed by atoms with Crippen LogP contribution < -0.4 is 5.32 Å². The molecule has 0 spiro atoms. The van der Waals surface area contributed by atoms with Gasteiger partial charge in [0.2, 0.25) is 0 Å². The van der Waals surface area contributed by atoms with Crippen molar-refractivity contribution < 1.29 is 9.53 Å². The Bertz CT molecular complexity index is 694. The Labute approximate surface area is 134 Å². The first-order valence-corrected chi connectivity index (χ1v) is 7.92. The number of piperazine rings is 1. The van der Waals surface area contributed by atoms with E-state index < -0.39 is 0 Å². The SMILES string of the molecule is O=C(c1nnn2c1CO[C@@H](c1ccccc1)C2)N1CCNCC1. The summed E-state index contributed by atoms with van der Waals surface area (Å²) in [6, 6.07) is 10.1. The molecule has 1 aromatic heterocycles. The van der Waals surface area contributed by atoms with Gasteiger partial charge >= 0.3 is 0 Å². The van der Waals surface area contributed by atoms with Gasteiger partial charge in [0.1, 0.15) is 6.10 Å². The lowest BCUT2D eigenvalue weighted by molar-refractivity contribution is -0.00197. The summed E-state index contributed by atoms with van der Waals surface area (Å²) in [5.74, 6) is -0.0467. The second-order valence-corrected chi connectivity index (χ2v) is 5.82. The zero-order valence-corrected chi connectivity index (χ0v) is 12.8. The molecule has 0 unspecified atom stereocenters. The number of carbonyl (C=O) groups excluding carboxylic acids is 1. The van der Waals surface area contributed by atoms with Crippen LogP contribution in [0.5, 0.6) is 0 Å². The van der Waals surface area contributed by atoms with Gasteiger partial charge < -0.3 is 15.0 Å². The lowest BCUT2D eigenvalue weighted by atomic mass is 10.1. The van der Waals surface area contributed by atoms with Gasteiger partial charge in [0, 0.05) is 26.2 Å². The lowest BCUT2D eigenvalue weighted by Gasteiger charge is -2.28. The fourth-order valence-corrected chi connectivity index (χ4v) is 3.06. The van der Waals surface area contributed by atoms with Crippen molar-refractivity contribution in [1.29, 1.82) is 0 Å². The fraction of sp³-hybridized carbons (Fsp3) is 0.438. The van der Waals surface area contributed by atoms with Crippen LogP contribution in [0.4, 0.5) is 0 Å². The highest BCUT2D eigenvalue weighted by atomic mass is 16.5. The number of hydrogen-bond acceptors (Lipinski definition) is 5. The van der Waals surface area contributed by atoms with Gasteiger partial charge in [-0.25, -0.2) is 4.68 Å². The van der Waals surface area contributed by atoms with Gasteiger partial charge in [-0.05, 0) is 5.56 Å². The van der Waals surface area contributed by atoms with E-state index in [1.165, 1.54) is 0 Å². The number of amides is 1. The summed E-state index contributed by atoms with van der Waals surface area (Å²) in [5, 5.41) is 11.5. The van der Waals surface area contributed by atoms with Crippen molar-refractivity contribution in [2.75, 3.05) is 26.2 Å². The number of benzene rings is 1. The summed E-state index contributed by atoms with van der Waals surface area (Å²) in [4.78, 5) is 14.4. The van der Waals surface area contributed by atoms with E-state index in [-0.39, 0.29) is 12.0 Å². The molecule has 120 valence electrons. The van der Waals surface area contributed by atoms with Gasteiger partial charge in [0.25, 0.3) is 5.91 Å². The summed E-state index contributed by atoms with van der Waals surface area (Å²) >= 11 is 0. The zero-order valence-electron chi connectivity index (χ0n) is 12.8. The molecule has 0 saturated carbocycles. The molecule has 2 aromatic rings. The van der Waals surface area contributed by atoms with Crippen molar-refractivity contribution in [2.24, 2.45) is 0 Å². The van der Waals surface area contributed by atoms with Gasteiger partial charge in [0.05, 0.1) is 18.8 Å². The second kappa shape index (κ2) is 6.10. The molecule has 0 radical (unpaired) electrons. The van der Waals surface area contributed by atoms with Crippen LogP contribution in [-0.2, 0) is 17.9 Å². The molecular formula is C16H19N5O2. The van der Waals surface area contributed by atoms with Crippen LogP contribution in [0.2, 0.25) is 0 Å². The van der Waals surface area contributed by atoms with Crippen molar-refractivity contribution in [2.45, 2.75) is 19.3 Å². The minimum absolute atomic E-state index is 0.0467. The van der Waals surface area contributed by atoms with Gasteiger partial charge in [-0.1, -0.05) is 35.5 Å². The summed E-state index contributed by atoms with van der Waals surface area (Å²) < 4.78 is 7.75. The minimum Gasteiger partial charge on any atom is -0.365 e. The maximum absolute atomic E-state index is 12.6. The second-order valence-electron chi connectivity index (χ2n) is 5.82. The molecule has 2 aliphatic rings. The van der Waals surface area contributed by atoms with E-state index in [0.717, 1.165) is 24.3 Å². The van der Waals surface area contributed by atoms with E-state index in [4.69, 9.17) is 4.74 Å². The molecule has 3 heterocycles. The first kappa shape index (κ1) is 14.3. The molecule has 7 heteroatoms. The molecule has 1 aromatic carbocycles. The van der Waals surface area contributed by atoms with Crippen LogP contribution in [0.25, 0.3) is 0 Å². The monoisotopic (exact) mass is 313 g/mol. The van der Waals surface area contributed by atoms with Crippen molar-refractivity contribution in [3.63, 3.8) is 0 Å². The van der Waals surface area contributed by atoms with Crippen LogP contribution in [0.15, 0.2) is 30.3 Å². The fourth-order valence-electron chi connectivity index (χ4n) is 3.06. The summed E-state index contributed by atoms with van der Waals surface area (Å²) in [5.41, 5.74) is 2.32. The Morgan fingerprint density at radius 1 is 1.22 bits per heavy atom. The lowest BCUT2D eigenvalue weighted by Crippen LogP contribution is -2.46. The predicted octanol–water partition coefficient (Wildman–Crippen LogP) is 0.595. The van der Waals surface area contributed by atoms with Crippen molar-refractivity contribution in [3.8, 4) is 0 Å². The number of rotatable bonds is 2. The number of hydrogen-bond donors (Lipinski definition) is 1. The van der Waals surface area contributed by atoms with E-state index >= 15 is 0 Å². The number of fused-ring (bicyclic) bond motifs is 1. The molecule has 2 aliphatic heterocycles. The topological polar surface area (TPSA) is 72.3 Å². The predicted molar refractivity (Wildman–Crippen MR) is 82.8 cm³/mol. The van der Waals surface area contributed by atoms with Gasteiger partial charge in [-0.15, -0.1) is 5.10 Å². The van der Waals surface area contributed by atoms with E-state index in [1.54, 1.807) is 4.68 Å². The highest BCUT2D eigenvalue weighted by molar-refractivity contribution is 5.93. The van der Waals surface area contributed by atoms with Gasteiger partial charge in [0.15, 0.2) is 5.69 Å².